The minimum atomic E-state index is -0.547. The first-order valence-corrected chi connectivity index (χ1v) is 5.34. The van der Waals surface area contributed by atoms with Crippen LogP contribution in [0, 0.1) is 0 Å². The van der Waals surface area contributed by atoms with Gasteiger partial charge in [0, 0.05) is 29.3 Å². The molecule has 0 saturated carbocycles. The van der Waals surface area contributed by atoms with Crippen LogP contribution in [0.5, 0.6) is 0 Å². The van der Waals surface area contributed by atoms with Crippen molar-refractivity contribution in [2.45, 2.75) is 0 Å². The molecular weight excluding hydrogens is 220 g/mol. The molecule has 6 nitrogen and oxygen atoms in total. The molecule has 17 heavy (non-hydrogen) atoms. The highest BCUT2D eigenvalue weighted by Gasteiger charge is 2.17. The maximum atomic E-state index is 11.6. The van der Waals surface area contributed by atoms with Crippen molar-refractivity contribution in [3.8, 4) is 0 Å². The van der Waals surface area contributed by atoms with Crippen molar-refractivity contribution in [3.63, 3.8) is 0 Å². The average molecular weight is 232 g/mol. The SMILES string of the molecule is [N-]=[N+]=NC(=O)c1ccccc1N1CCOCC1. The molecule has 1 aliphatic heterocycles. The van der Waals surface area contributed by atoms with Crippen molar-refractivity contribution in [1.29, 1.82) is 0 Å². The largest absolute Gasteiger partial charge is 0.378 e. The van der Waals surface area contributed by atoms with E-state index in [4.69, 9.17) is 10.3 Å². The molecular formula is C11H12N4O2. The van der Waals surface area contributed by atoms with E-state index in [-0.39, 0.29) is 0 Å². The maximum Gasteiger partial charge on any atom is 0.251 e. The van der Waals surface area contributed by atoms with Gasteiger partial charge in [-0.1, -0.05) is 12.1 Å². The number of azide groups is 1. The molecule has 1 aromatic carbocycles. The molecule has 1 amide bonds. The number of anilines is 1. The topological polar surface area (TPSA) is 78.3 Å². The first kappa shape index (κ1) is 11.4. The van der Waals surface area contributed by atoms with Crippen molar-refractivity contribution < 1.29 is 9.53 Å². The number of amides is 1. The van der Waals surface area contributed by atoms with E-state index in [1.807, 2.05) is 12.1 Å². The van der Waals surface area contributed by atoms with E-state index in [2.05, 4.69) is 14.9 Å². The van der Waals surface area contributed by atoms with Crippen molar-refractivity contribution in [2.75, 3.05) is 31.2 Å². The summed E-state index contributed by atoms with van der Waals surface area (Å²) in [6, 6.07) is 7.13. The minimum Gasteiger partial charge on any atom is -0.378 e. The molecule has 1 heterocycles. The number of hydrogen-bond donors (Lipinski definition) is 0. The van der Waals surface area contributed by atoms with Gasteiger partial charge in [0.2, 0.25) is 0 Å². The lowest BCUT2D eigenvalue weighted by atomic mass is 10.1. The summed E-state index contributed by atoms with van der Waals surface area (Å²) in [6.07, 6.45) is 0. The summed E-state index contributed by atoms with van der Waals surface area (Å²) in [6.45, 7) is 2.76. The summed E-state index contributed by atoms with van der Waals surface area (Å²) in [4.78, 5) is 16.2. The first-order chi connectivity index (χ1) is 8.33. The van der Waals surface area contributed by atoms with Gasteiger partial charge in [0.25, 0.3) is 5.91 Å². The van der Waals surface area contributed by atoms with Gasteiger partial charge in [-0.25, -0.2) is 0 Å². The zero-order valence-electron chi connectivity index (χ0n) is 9.24. The van der Waals surface area contributed by atoms with Crippen molar-refractivity contribution >= 4 is 11.6 Å². The van der Waals surface area contributed by atoms with Gasteiger partial charge in [-0.15, -0.1) is 0 Å². The van der Waals surface area contributed by atoms with Crippen LogP contribution in [0.15, 0.2) is 29.4 Å². The number of morpholine rings is 1. The number of carbonyl (C=O) groups is 1. The molecule has 0 unspecified atom stereocenters. The fourth-order valence-electron chi connectivity index (χ4n) is 1.83. The number of ether oxygens (including phenoxy) is 1. The summed E-state index contributed by atoms with van der Waals surface area (Å²) < 4.78 is 5.26. The number of benzene rings is 1. The van der Waals surface area contributed by atoms with Crippen LogP contribution in [0.1, 0.15) is 10.4 Å². The Kier molecular flexibility index (Phi) is 3.59. The number of hydrogen-bond acceptors (Lipinski definition) is 3. The summed E-state index contributed by atoms with van der Waals surface area (Å²) in [5, 5.41) is 3.13. The lowest BCUT2D eigenvalue weighted by Crippen LogP contribution is -2.37. The second-order valence-electron chi connectivity index (χ2n) is 3.61. The van der Waals surface area contributed by atoms with E-state index in [0.717, 1.165) is 18.8 Å². The molecule has 1 aromatic rings. The van der Waals surface area contributed by atoms with Crippen molar-refractivity contribution in [1.82, 2.24) is 0 Å². The summed E-state index contributed by atoms with van der Waals surface area (Å²) in [5.41, 5.74) is 9.54. The van der Waals surface area contributed by atoms with E-state index in [1.54, 1.807) is 12.1 Å². The van der Waals surface area contributed by atoms with Crippen LogP contribution in [-0.2, 0) is 4.74 Å². The highest BCUT2D eigenvalue weighted by atomic mass is 16.5. The number of rotatable bonds is 2. The van der Waals surface area contributed by atoms with Crippen molar-refractivity contribution in [2.24, 2.45) is 5.11 Å². The van der Waals surface area contributed by atoms with Crippen LogP contribution in [0.4, 0.5) is 5.69 Å². The lowest BCUT2D eigenvalue weighted by Gasteiger charge is -2.30. The molecule has 0 bridgehead atoms. The zero-order chi connectivity index (χ0) is 12.1. The van der Waals surface area contributed by atoms with Gasteiger partial charge in [0.1, 0.15) is 0 Å². The molecule has 0 aliphatic carbocycles. The van der Waals surface area contributed by atoms with Gasteiger partial charge >= 0.3 is 0 Å². The molecule has 0 atom stereocenters. The van der Waals surface area contributed by atoms with Gasteiger partial charge in [-0.05, 0) is 22.8 Å². The van der Waals surface area contributed by atoms with Gasteiger partial charge in [0.05, 0.1) is 13.2 Å². The van der Waals surface area contributed by atoms with Crippen LogP contribution in [0.25, 0.3) is 10.4 Å². The Morgan fingerprint density at radius 3 is 2.76 bits per heavy atom. The monoisotopic (exact) mass is 232 g/mol. The van der Waals surface area contributed by atoms with Crippen LogP contribution in [-0.4, -0.2) is 32.2 Å². The molecule has 6 heteroatoms. The fourth-order valence-corrected chi connectivity index (χ4v) is 1.83. The smallest absolute Gasteiger partial charge is 0.251 e. The lowest BCUT2D eigenvalue weighted by molar-refractivity contribution is 0.0998. The van der Waals surface area contributed by atoms with Crippen molar-refractivity contribution in [3.05, 3.63) is 40.3 Å². The maximum absolute atomic E-state index is 11.6. The van der Waals surface area contributed by atoms with Gasteiger partial charge < -0.3 is 9.64 Å². The fraction of sp³-hybridized carbons (Fsp3) is 0.364. The Balaban J connectivity index is 2.32. The minimum absolute atomic E-state index is 0.437. The molecule has 1 aliphatic rings. The van der Waals surface area contributed by atoms with E-state index >= 15 is 0 Å². The van der Waals surface area contributed by atoms with E-state index in [0.29, 0.717) is 18.8 Å². The molecule has 1 fully saturated rings. The first-order valence-electron chi connectivity index (χ1n) is 5.34. The predicted octanol–water partition coefficient (Wildman–Crippen LogP) is 1.97. The third kappa shape index (κ3) is 2.55. The molecule has 0 aromatic heterocycles. The Bertz CT molecular complexity index is 462. The van der Waals surface area contributed by atoms with Gasteiger partial charge in [-0.3, -0.25) is 4.79 Å². The van der Waals surface area contributed by atoms with Crippen LogP contribution < -0.4 is 4.90 Å². The molecule has 2 rings (SSSR count). The second-order valence-corrected chi connectivity index (χ2v) is 3.61. The quantitative estimate of drug-likeness (QED) is 0.444. The Hall–Kier alpha value is -2.04. The normalized spacial score (nSPS) is 15.2. The van der Waals surface area contributed by atoms with E-state index in [9.17, 15) is 4.79 Å². The number of carbonyl (C=O) groups excluding carboxylic acids is 1. The standard InChI is InChI=1S/C11H12N4O2/c12-14-13-11(16)9-3-1-2-4-10(9)15-5-7-17-8-6-15/h1-4H,5-8H2. The number of para-hydroxylation sites is 1. The summed E-state index contributed by atoms with van der Waals surface area (Å²) in [7, 11) is 0. The Morgan fingerprint density at radius 2 is 2.06 bits per heavy atom. The molecule has 88 valence electrons. The van der Waals surface area contributed by atoms with E-state index < -0.39 is 5.91 Å². The van der Waals surface area contributed by atoms with E-state index in [1.165, 1.54) is 0 Å². The predicted molar refractivity (Wildman–Crippen MR) is 63.0 cm³/mol. The summed E-state index contributed by atoms with van der Waals surface area (Å²) in [5.74, 6) is -0.547. The third-order valence-corrected chi connectivity index (χ3v) is 2.62. The third-order valence-electron chi connectivity index (χ3n) is 2.62. The average Bonchev–Trinajstić information content (AvgIpc) is 2.40. The van der Waals surface area contributed by atoms with Crippen LogP contribution in [0.3, 0.4) is 0 Å². The molecule has 0 spiro atoms. The summed E-state index contributed by atoms with van der Waals surface area (Å²) >= 11 is 0. The van der Waals surface area contributed by atoms with Gasteiger partial charge in [0.15, 0.2) is 0 Å². The Morgan fingerprint density at radius 1 is 1.35 bits per heavy atom. The Labute approximate surface area is 98.4 Å². The highest BCUT2D eigenvalue weighted by Crippen LogP contribution is 2.22. The van der Waals surface area contributed by atoms with Crippen LogP contribution >= 0.6 is 0 Å². The molecule has 1 saturated heterocycles. The van der Waals surface area contributed by atoms with Crippen LogP contribution in [0.2, 0.25) is 0 Å². The molecule has 0 N–H and O–H groups in total. The number of nitrogens with zero attached hydrogens (tertiary/aromatic N) is 4. The van der Waals surface area contributed by atoms with Gasteiger partial charge in [-0.2, -0.15) is 0 Å². The zero-order valence-corrected chi connectivity index (χ0v) is 9.24. The highest BCUT2D eigenvalue weighted by molar-refractivity contribution is 6.00. The second kappa shape index (κ2) is 5.34. The molecule has 0 radical (unpaired) electrons.